The number of hydrogen-bond acceptors (Lipinski definition) is 2. The fourth-order valence-corrected chi connectivity index (χ4v) is 2.00. The van der Waals surface area contributed by atoms with Gasteiger partial charge < -0.3 is 9.88 Å². The second kappa shape index (κ2) is 5.34. The molecule has 0 spiro atoms. The first-order valence-electron chi connectivity index (χ1n) is 5.60. The van der Waals surface area contributed by atoms with Crippen molar-refractivity contribution in [1.82, 2.24) is 9.97 Å². The number of nitrogens with zero attached hydrogens (tertiary/aromatic N) is 2. The van der Waals surface area contributed by atoms with Gasteiger partial charge in [0, 0.05) is 18.4 Å². The van der Waals surface area contributed by atoms with E-state index in [1.54, 1.807) is 0 Å². The first-order valence-corrected chi connectivity index (χ1v) is 6.73. The minimum Gasteiger partial charge on any atom is -0.343 e. The van der Waals surface area contributed by atoms with Crippen molar-refractivity contribution in [2.75, 3.05) is 23.3 Å². The number of H-pyrrole nitrogens is 1. The maximum Gasteiger partial charge on any atom is 0.203 e. The van der Waals surface area contributed by atoms with Gasteiger partial charge in [-0.15, -0.1) is 0 Å². The van der Waals surface area contributed by atoms with Crippen LogP contribution in [0.1, 0.15) is 13.3 Å². The van der Waals surface area contributed by atoms with E-state index in [1.807, 2.05) is 18.2 Å². The van der Waals surface area contributed by atoms with E-state index < -0.39 is 0 Å². The summed E-state index contributed by atoms with van der Waals surface area (Å²) in [7, 11) is 0. The molecule has 16 heavy (non-hydrogen) atoms. The number of rotatable bonds is 5. The molecule has 0 aliphatic heterocycles. The van der Waals surface area contributed by atoms with Crippen LogP contribution in [0.4, 0.5) is 5.95 Å². The lowest BCUT2D eigenvalue weighted by molar-refractivity contribution is 0.777. The number of fused-ring (bicyclic) bond motifs is 1. The van der Waals surface area contributed by atoms with E-state index in [2.05, 4.69) is 43.8 Å². The summed E-state index contributed by atoms with van der Waals surface area (Å²) in [4.78, 5) is 10.2. The predicted octanol–water partition coefficient (Wildman–Crippen LogP) is 3.17. The zero-order chi connectivity index (χ0) is 11.4. The van der Waals surface area contributed by atoms with E-state index in [0.717, 1.165) is 41.8 Å². The van der Waals surface area contributed by atoms with Crippen LogP contribution in [-0.4, -0.2) is 28.4 Å². The number of imidazole rings is 1. The van der Waals surface area contributed by atoms with Crippen LogP contribution in [0, 0.1) is 0 Å². The van der Waals surface area contributed by atoms with Gasteiger partial charge in [-0.05, 0) is 25.5 Å². The maximum absolute atomic E-state index is 4.59. The molecular weight excluding hydrogens is 266 g/mol. The third kappa shape index (κ3) is 2.38. The van der Waals surface area contributed by atoms with Crippen LogP contribution in [0.2, 0.25) is 0 Å². The number of aromatic nitrogens is 2. The molecule has 0 atom stereocenters. The summed E-state index contributed by atoms with van der Waals surface area (Å²) in [5.74, 6) is 0.977. The van der Waals surface area contributed by atoms with Gasteiger partial charge in [-0.2, -0.15) is 0 Å². The zero-order valence-corrected chi connectivity index (χ0v) is 11.0. The van der Waals surface area contributed by atoms with Crippen molar-refractivity contribution in [1.29, 1.82) is 0 Å². The number of para-hydroxylation sites is 2. The molecule has 0 unspecified atom stereocenters. The maximum atomic E-state index is 4.59. The summed E-state index contributed by atoms with van der Waals surface area (Å²) in [6.45, 7) is 4.16. The van der Waals surface area contributed by atoms with Crippen LogP contribution in [0.15, 0.2) is 24.3 Å². The van der Waals surface area contributed by atoms with Crippen LogP contribution in [-0.2, 0) is 0 Å². The van der Waals surface area contributed by atoms with E-state index >= 15 is 0 Å². The fourth-order valence-electron chi connectivity index (χ4n) is 1.75. The summed E-state index contributed by atoms with van der Waals surface area (Å²) >= 11 is 3.46. The van der Waals surface area contributed by atoms with Gasteiger partial charge in [0.2, 0.25) is 5.95 Å². The molecule has 0 saturated carbocycles. The van der Waals surface area contributed by atoms with Gasteiger partial charge in [-0.25, -0.2) is 4.98 Å². The highest BCUT2D eigenvalue weighted by molar-refractivity contribution is 9.09. The van der Waals surface area contributed by atoms with Gasteiger partial charge in [-0.1, -0.05) is 28.1 Å². The van der Waals surface area contributed by atoms with Crippen LogP contribution < -0.4 is 4.90 Å². The number of nitrogens with one attached hydrogen (secondary N) is 1. The average molecular weight is 282 g/mol. The lowest BCUT2D eigenvalue weighted by Crippen LogP contribution is -2.25. The minimum absolute atomic E-state index is 0.977. The highest BCUT2D eigenvalue weighted by Gasteiger charge is 2.08. The van der Waals surface area contributed by atoms with Crippen molar-refractivity contribution in [2.24, 2.45) is 0 Å². The molecule has 0 amide bonds. The molecule has 2 aromatic rings. The monoisotopic (exact) mass is 281 g/mol. The van der Waals surface area contributed by atoms with Gasteiger partial charge in [0.25, 0.3) is 0 Å². The highest BCUT2D eigenvalue weighted by atomic mass is 79.9. The van der Waals surface area contributed by atoms with Crippen LogP contribution in [0.5, 0.6) is 0 Å². The van der Waals surface area contributed by atoms with Crippen molar-refractivity contribution in [3.8, 4) is 0 Å². The molecule has 1 N–H and O–H groups in total. The molecule has 0 radical (unpaired) electrons. The molecule has 0 saturated heterocycles. The van der Waals surface area contributed by atoms with Crippen molar-refractivity contribution in [2.45, 2.75) is 13.3 Å². The van der Waals surface area contributed by atoms with Crippen molar-refractivity contribution >= 4 is 32.9 Å². The number of alkyl halides is 1. The number of anilines is 1. The smallest absolute Gasteiger partial charge is 0.203 e. The lowest BCUT2D eigenvalue weighted by Gasteiger charge is -2.18. The Morgan fingerprint density at radius 1 is 1.38 bits per heavy atom. The Morgan fingerprint density at radius 3 is 2.88 bits per heavy atom. The molecule has 3 nitrogen and oxygen atoms in total. The fraction of sp³-hybridized carbons (Fsp3) is 0.417. The molecule has 0 bridgehead atoms. The van der Waals surface area contributed by atoms with Crippen LogP contribution >= 0.6 is 15.9 Å². The molecule has 1 aromatic heterocycles. The Balaban J connectivity index is 2.23. The normalized spacial score (nSPS) is 10.9. The Bertz CT molecular complexity index is 419. The Labute approximate surface area is 104 Å². The van der Waals surface area contributed by atoms with Gasteiger partial charge in [0.05, 0.1) is 11.0 Å². The van der Waals surface area contributed by atoms with Gasteiger partial charge in [0.15, 0.2) is 0 Å². The molecule has 4 heteroatoms. The Kier molecular flexibility index (Phi) is 3.83. The number of halogens is 1. The summed E-state index contributed by atoms with van der Waals surface area (Å²) in [6.07, 6.45) is 1.13. The van der Waals surface area contributed by atoms with E-state index in [-0.39, 0.29) is 0 Å². The summed E-state index contributed by atoms with van der Waals surface area (Å²) in [5, 5.41) is 1.03. The second-order valence-corrected chi connectivity index (χ2v) is 4.49. The molecule has 1 heterocycles. The molecule has 2 rings (SSSR count). The molecule has 86 valence electrons. The minimum atomic E-state index is 0.977. The molecule has 0 fully saturated rings. The molecule has 0 aliphatic carbocycles. The van der Waals surface area contributed by atoms with Gasteiger partial charge in [0.1, 0.15) is 0 Å². The third-order valence-electron chi connectivity index (χ3n) is 2.62. The van der Waals surface area contributed by atoms with E-state index in [4.69, 9.17) is 0 Å². The largest absolute Gasteiger partial charge is 0.343 e. The van der Waals surface area contributed by atoms with Crippen molar-refractivity contribution in [3.05, 3.63) is 24.3 Å². The summed E-state index contributed by atoms with van der Waals surface area (Å²) < 4.78 is 0. The average Bonchev–Trinajstić information content (AvgIpc) is 2.73. The van der Waals surface area contributed by atoms with E-state index in [1.165, 1.54) is 0 Å². The third-order valence-corrected chi connectivity index (χ3v) is 3.18. The lowest BCUT2D eigenvalue weighted by atomic mass is 10.3. The summed E-state index contributed by atoms with van der Waals surface area (Å²) in [5.41, 5.74) is 2.14. The number of hydrogen-bond donors (Lipinski definition) is 1. The zero-order valence-electron chi connectivity index (χ0n) is 9.41. The molecular formula is C12H16BrN3. The van der Waals surface area contributed by atoms with Crippen LogP contribution in [0.3, 0.4) is 0 Å². The molecule has 0 aliphatic rings. The number of aromatic amines is 1. The standard InChI is InChI=1S/C12H16BrN3/c1-2-16(9-5-8-13)12-14-10-6-3-4-7-11(10)15-12/h3-4,6-7H,2,5,8-9H2,1H3,(H,14,15). The van der Waals surface area contributed by atoms with Gasteiger partial charge >= 0.3 is 0 Å². The van der Waals surface area contributed by atoms with E-state index in [9.17, 15) is 0 Å². The van der Waals surface area contributed by atoms with Crippen LogP contribution in [0.25, 0.3) is 11.0 Å². The van der Waals surface area contributed by atoms with Gasteiger partial charge in [-0.3, -0.25) is 0 Å². The van der Waals surface area contributed by atoms with Crippen molar-refractivity contribution in [3.63, 3.8) is 0 Å². The Hall–Kier alpha value is -1.03. The Morgan fingerprint density at radius 2 is 2.19 bits per heavy atom. The first kappa shape index (κ1) is 11.5. The van der Waals surface area contributed by atoms with E-state index in [0.29, 0.717) is 0 Å². The SMILES string of the molecule is CCN(CCCBr)c1nc2ccccc2[nH]1. The summed E-state index contributed by atoms with van der Waals surface area (Å²) in [6, 6.07) is 8.14. The second-order valence-electron chi connectivity index (χ2n) is 3.70. The topological polar surface area (TPSA) is 31.9 Å². The quantitative estimate of drug-likeness (QED) is 0.854. The highest BCUT2D eigenvalue weighted by Crippen LogP contribution is 2.16. The molecule has 1 aromatic carbocycles. The predicted molar refractivity (Wildman–Crippen MR) is 72.4 cm³/mol. The first-order chi connectivity index (χ1) is 7.85. The van der Waals surface area contributed by atoms with Crippen molar-refractivity contribution < 1.29 is 0 Å². The number of benzene rings is 1.